The molecule has 0 amide bonds. The molecule has 2 rings (SSSR count). The van der Waals surface area contributed by atoms with E-state index in [2.05, 4.69) is 54.2 Å². The molecule has 0 bridgehead atoms. The third-order valence-electron chi connectivity index (χ3n) is 3.57. The molecule has 114 valence electrons. The molecule has 0 fully saturated rings. The number of hydrogen-bond acceptors (Lipinski definition) is 4. The Bertz CT molecular complexity index is 536. The maximum absolute atomic E-state index is 4.43. The normalized spacial score (nSPS) is 11.2. The number of thiophene rings is 1. The molecular formula is C17H25N3S. The van der Waals surface area contributed by atoms with Crippen LogP contribution in [0.15, 0.2) is 30.5 Å². The van der Waals surface area contributed by atoms with E-state index >= 15 is 0 Å². The Labute approximate surface area is 132 Å². The van der Waals surface area contributed by atoms with Crippen LogP contribution in [-0.4, -0.2) is 23.0 Å². The van der Waals surface area contributed by atoms with Gasteiger partial charge in [-0.05, 0) is 43.8 Å². The van der Waals surface area contributed by atoms with Gasteiger partial charge in [-0.2, -0.15) is 0 Å². The number of rotatable bonds is 8. The van der Waals surface area contributed by atoms with Gasteiger partial charge in [0, 0.05) is 35.6 Å². The summed E-state index contributed by atoms with van der Waals surface area (Å²) in [5.74, 6) is 0. The molecule has 0 aliphatic carbocycles. The summed E-state index contributed by atoms with van der Waals surface area (Å²) in [5.41, 5.74) is 2.59. The summed E-state index contributed by atoms with van der Waals surface area (Å²) in [4.78, 5) is 9.73. The van der Waals surface area contributed by atoms with Crippen molar-refractivity contribution < 1.29 is 0 Å². The van der Waals surface area contributed by atoms with E-state index in [0.29, 0.717) is 0 Å². The van der Waals surface area contributed by atoms with Gasteiger partial charge in [0.15, 0.2) is 0 Å². The van der Waals surface area contributed by atoms with E-state index in [9.17, 15) is 0 Å². The van der Waals surface area contributed by atoms with Crippen LogP contribution in [0.25, 0.3) is 0 Å². The average molecular weight is 303 g/mol. The average Bonchev–Trinajstić information content (AvgIpc) is 2.85. The Balaban J connectivity index is 1.99. The molecule has 0 aromatic carbocycles. The minimum absolute atomic E-state index is 0.912. The highest BCUT2D eigenvalue weighted by Crippen LogP contribution is 2.23. The lowest BCUT2D eigenvalue weighted by molar-refractivity contribution is 0.268. The van der Waals surface area contributed by atoms with Gasteiger partial charge in [-0.15, -0.1) is 11.3 Å². The van der Waals surface area contributed by atoms with Crippen molar-refractivity contribution in [3.63, 3.8) is 0 Å². The van der Waals surface area contributed by atoms with Crippen LogP contribution in [0.5, 0.6) is 0 Å². The third kappa shape index (κ3) is 4.92. The molecule has 0 aliphatic rings. The van der Waals surface area contributed by atoms with Gasteiger partial charge in [-0.25, -0.2) is 0 Å². The van der Waals surface area contributed by atoms with Crippen molar-refractivity contribution in [1.82, 2.24) is 15.2 Å². The van der Waals surface area contributed by atoms with E-state index in [1.807, 2.05) is 23.6 Å². The zero-order valence-electron chi connectivity index (χ0n) is 13.2. The predicted molar refractivity (Wildman–Crippen MR) is 90.5 cm³/mol. The highest BCUT2D eigenvalue weighted by Gasteiger charge is 2.10. The predicted octanol–water partition coefficient (Wildman–Crippen LogP) is 3.58. The minimum atomic E-state index is 0.912. The summed E-state index contributed by atoms with van der Waals surface area (Å²) in [6, 6.07) is 8.47. The number of aromatic nitrogens is 1. The van der Waals surface area contributed by atoms with Crippen LogP contribution in [0.1, 0.15) is 34.9 Å². The molecule has 2 heterocycles. The van der Waals surface area contributed by atoms with Gasteiger partial charge in [0.1, 0.15) is 0 Å². The van der Waals surface area contributed by atoms with Crippen LogP contribution in [0.4, 0.5) is 0 Å². The van der Waals surface area contributed by atoms with Gasteiger partial charge < -0.3 is 5.32 Å². The lowest BCUT2D eigenvalue weighted by Gasteiger charge is -2.19. The van der Waals surface area contributed by atoms with Crippen molar-refractivity contribution in [2.24, 2.45) is 0 Å². The molecule has 2 aromatic heterocycles. The van der Waals surface area contributed by atoms with Crippen LogP contribution in [0.3, 0.4) is 0 Å². The first kappa shape index (κ1) is 16.1. The first-order valence-electron chi connectivity index (χ1n) is 7.64. The summed E-state index contributed by atoms with van der Waals surface area (Å²) in [6.07, 6.45) is 1.87. The van der Waals surface area contributed by atoms with Crippen LogP contribution < -0.4 is 5.32 Å². The van der Waals surface area contributed by atoms with Crippen LogP contribution in [0.2, 0.25) is 0 Å². The van der Waals surface area contributed by atoms with Crippen molar-refractivity contribution >= 4 is 11.3 Å². The SMILES string of the molecule is CCNCc1cc(CN(CC)Cc2ccccn2)c(C)s1. The van der Waals surface area contributed by atoms with Gasteiger partial charge in [0.05, 0.1) is 5.69 Å². The Kier molecular flexibility index (Phi) is 6.36. The van der Waals surface area contributed by atoms with Gasteiger partial charge in [-0.3, -0.25) is 9.88 Å². The third-order valence-corrected chi connectivity index (χ3v) is 4.67. The number of hydrogen-bond donors (Lipinski definition) is 1. The van der Waals surface area contributed by atoms with E-state index in [0.717, 1.165) is 38.4 Å². The van der Waals surface area contributed by atoms with Crippen molar-refractivity contribution in [1.29, 1.82) is 0 Å². The van der Waals surface area contributed by atoms with Crippen molar-refractivity contribution in [3.8, 4) is 0 Å². The first-order chi connectivity index (χ1) is 10.2. The first-order valence-corrected chi connectivity index (χ1v) is 8.45. The minimum Gasteiger partial charge on any atom is -0.312 e. The van der Waals surface area contributed by atoms with Crippen molar-refractivity contribution in [2.45, 2.75) is 40.4 Å². The van der Waals surface area contributed by atoms with Crippen LogP contribution in [-0.2, 0) is 19.6 Å². The van der Waals surface area contributed by atoms with E-state index in [1.54, 1.807) is 0 Å². The number of pyridine rings is 1. The smallest absolute Gasteiger partial charge is 0.0544 e. The Morgan fingerprint density at radius 2 is 2.10 bits per heavy atom. The molecule has 0 atom stereocenters. The Morgan fingerprint density at radius 1 is 1.24 bits per heavy atom. The lowest BCUT2D eigenvalue weighted by Crippen LogP contribution is -2.22. The Hall–Kier alpha value is -1.23. The Morgan fingerprint density at radius 3 is 2.76 bits per heavy atom. The molecule has 4 heteroatoms. The number of nitrogens with zero attached hydrogens (tertiary/aromatic N) is 2. The molecule has 0 saturated heterocycles. The summed E-state index contributed by atoms with van der Waals surface area (Å²) >= 11 is 1.91. The van der Waals surface area contributed by atoms with E-state index < -0.39 is 0 Å². The van der Waals surface area contributed by atoms with E-state index in [1.165, 1.54) is 15.3 Å². The highest BCUT2D eigenvalue weighted by atomic mass is 32.1. The summed E-state index contributed by atoms with van der Waals surface area (Å²) < 4.78 is 0. The quantitative estimate of drug-likeness (QED) is 0.808. The molecule has 2 aromatic rings. The zero-order valence-corrected chi connectivity index (χ0v) is 14.0. The largest absolute Gasteiger partial charge is 0.312 e. The monoisotopic (exact) mass is 303 g/mol. The van der Waals surface area contributed by atoms with E-state index in [4.69, 9.17) is 0 Å². The van der Waals surface area contributed by atoms with Gasteiger partial charge in [-0.1, -0.05) is 19.9 Å². The number of nitrogens with one attached hydrogen (secondary N) is 1. The summed E-state index contributed by atoms with van der Waals surface area (Å²) in [7, 11) is 0. The fraction of sp³-hybridized carbons (Fsp3) is 0.471. The molecule has 0 saturated carbocycles. The topological polar surface area (TPSA) is 28.2 Å². The second kappa shape index (κ2) is 8.27. The fourth-order valence-electron chi connectivity index (χ4n) is 2.32. The summed E-state index contributed by atoms with van der Waals surface area (Å²) in [6.45, 7) is 11.5. The highest BCUT2D eigenvalue weighted by molar-refractivity contribution is 7.12. The zero-order chi connectivity index (χ0) is 15.1. The lowest BCUT2D eigenvalue weighted by atomic mass is 10.2. The molecule has 0 unspecified atom stereocenters. The van der Waals surface area contributed by atoms with Crippen molar-refractivity contribution in [3.05, 3.63) is 51.5 Å². The standard InChI is InChI=1S/C17H25N3S/c1-4-18-11-17-10-15(14(3)21-17)12-20(5-2)13-16-8-6-7-9-19-16/h6-10,18H,4-5,11-13H2,1-3H3. The van der Waals surface area contributed by atoms with Crippen molar-refractivity contribution in [2.75, 3.05) is 13.1 Å². The maximum Gasteiger partial charge on any atom is 0.0544 e. The maximum atomic E-state index is 4.43. The van der Waals surface area contributed by atoms with Gasteiger partial charge in [0.2, 0.25) is 0 Å². The van der Waals surface area contributed by atoms with Gasteiger partial charge in [0.25, 0.3) is 0 Å². The molecule has 3 nitrogen and oxygen atoms in total. The molecule has 0 spiro atoms. The molecule has 21 heavy (non-hydrogen) atoms. The molecule has 1 N–H and O–H groups in total. The van der Waals surface area contributed by atoms with Gasteiger partial charge >= 0.3 is 0 Å². The molecular weight excluding hydrogens is 278 g/mol. The van der Waals surface area contributed by atoms with E-state index in [-0.39, 0.29) is 0 Å². The number of aryl methyl sites for hydroxylation is 1. The second-order valence-corrected chi connectivity index (χ2v) is 6.54. The van der Waals surface area contributed by atoms with Crippen LogP contribution in [0, 0.1) is 6.92 Å². The summed E-state index contributed by atoms with van der Waals surface area (Å²) in [5, 5.41) is 3.40. The second-order valence-electron chi connectivity index (χ2n) is 5.20. The fourth-order valence-corrected chi connectivity index (χ4v) is 3.34. The molecule has 0 aliphatic heterocycles. The van der Waals surface area contributed by atoms with Crippen LogP contribution >= 0.6 is 11.3 Å². The molecule has 0 radical (unpaired) electrons.